The lowest BCUT2D eigenvalue weighted by atomic mass is 9.95. The number of ether oxygens (including phenoxy) is 2. The Balaban J connectivity index is 1.71. The maximum atomic E-state index is 13.5. The molecule has 7 heteroatoms. The third-order valence-corrected chi connectivity index (χ3v) is 7.65. The van der Waals surface area contributed by atoms with E-state index in [0.29, 0.717) is 12.8 Å². The van der Waals surface area contributed by atoms with E-state index in [1.165, 1.54) is 7.11 Å². The summed E-state index contributed by atoms with van der Waals surface area (Å²) in [6.45, 7) is 1.92. The molecule has 2 aromatic rings. The summed E-state index contributed by atoms with van der Waals surface area (Å²) in [5, 5.41) is 1.88. The molecule has 2 saturated heterocycles. The zero-order chi connectivity index (χ0) is 19.2. The summed E-state index contributed by atoms with van der Waals surface area (Å²) in [4.78, 5) is 12.2. The van der Waals surface area contributed by atoms with Crippen molar-refractivity contribution in [1.29, 1.82) is 0 Å². The van der Waals surface area contributed by atoms with Gasteiger partial charge in [0.1, 0.15) is 0 Å². The smallest absolute Gasteiger partial charge is 0.335 e. The van der Waals surface area contributed by atoms with Crippen molar-refractivity contribution in [3.63, 3.8) is 0 Å². The number of hydrogen-bond donors (Lipinski definition) is 0. The number of sulfonamides is 1. The van der Waals surface area contributed by atoms with Crippen LogP contribution in [0.5, 0.6) is 0 Å². The van der Waals surface area contributed by atoms with Crippen LogP contribution in [0.25, 0.3) is 10.8 Å². The van der Waals surface area contributed by atoms with Crippen LogP contribution in [0.15, 0.2) is 47.4 Å². The minimum absolute atomic E-state index is 0.150. The SMILES string of the molecule is COC(=O)[C@@H]1C[C@@H]2[C@H](CC[C@@H](C)N2S(=O)(=O)c2ccc3ccccc3c2)O1. The molecule has 0 aliphatic carbocycles. The van der Waals surface area contributed by atoms with Gasteiger partial charge in [0.15, 0.2) is 6.10 Å². The molecule has 2 fully saturated rings. The van der Waals surface area contributed by atoms with E-state index in [1.807, 2.05) is 37.3 Å². The molecule has 4 rings (SSSR count). The quantitative estimate of drug-likeness (QED) is 0.755. The molecule has 0 amide bonds. The number of rotatable bonds is 3. The lowest BCUT2D eigenvalue weighted by Crippen LogP contribution is -2.53. The van der Waals surface area contributed by atoms with Gasteiger partial charge in [-0.3, -0.25) is 0 Å². The Kier molecular flexibility index (Phi) is 4.70. The lowest BCUT2D eigenvalue weighted by Gasteiger charge is -2.40. The first kappa shape index (κ1) is 18.4. The number of fused-ring (bicyclic) bond motifs is 2. The van der Waals surface area contributed by atoms with Gasteiger partial charge in [-0.1, -0.05) is 30.3 Å². The Morgan fingerprint density at radius 2 is 1.89 bits per heavy atom. The van der Waals surface area contributed by atoms with Crippen LogP contribution >= 0.6 is 0 Å². The molecule has 2 aliphatic heterocycles. The predicted octanol–water partition coefficient (Wildman–Crippen LogP) is 2.71. The third kappa shape index (κ3) is 3.13. The van der Waals surface area contributed by atoms with E-state index in [4.69, 9.17) is 9.47 Å². The standard InChI is InChI=1S/C20H23NO5S/c1-13-7-10-18-17(12-19(26-18)20(22)25-2)21(13)27(23,24)16-9-8-14-5-3-4-6-15(14)11-16/h3-6,8-9,11,13,17-19H,7,10,12H2,1-2H3/t13-,17-,18+,19+/m1/s1. The van der Waals surface area contributed by atoms with Crippen LogP contribution in [0.2, 0.25) is 0 Å². The first-order valence-electron chi connectivity index (χ1n) is 9.17. The Bertz CT molecular complexity index is 973. The van der Waals surface area contributed by atoms with Crippen LogP contribution in [-0.2, 0) is 24.3 Å². The van der Waals surface area contributed by atoms with Crippen LogP contribution in [-0.4, -0.2) is 50.1 Å². The zero-order valence-corrected chi connectivity index (χ0v) is 16.2. The van der Waals surface area contributed by atoms with Crippen LogP contribution in [0, 0.1) is 0 Å². The van der Waals surface area contributed by atoms with E-state index in [0.717, 1.165) is 17.2 Å². The molecular formula is C20H23NO5S. The molecule has 0 N–H and O–H groups in total. The highest BCUT2D eigenvalue weighted by atomic mass is 32.2. The summed E-state index contributed by atoms with van der Waals surface area (Å²) < 4.78 is 39.1. The molecule has 0 spiro atoms. The molecule has 2 heterocycles. The van der Waals surface area contributed by atoms with Gasteiger partial charge in [0.2, 0.25) is 10.0 Å². The largest absolute Gasteiger partial charge is 0.467 e. The normalized spacial score (nSPS) is 28.8. The minimum Gasteiger partial charge on any atom is -0.467 e. The fourth-order valence-corrected chi connectivity index (χ4v) is 6.18. The highest BCUT2D eigenvalue weighted by Gasteiger charge is 2.50. The molecule has 2 aliphatic rings. The third-order valence-electron chi connectivity index (χ3n) is 5.61. The molecule has 0 unspecified atom stereocenters. The zero-order valence-electron chi connectivity index (χ0n) is 15.4. The van der Waals surface area contributed by atoms with E-state index in [9.17, 15) is 13.2 Å². The van der Waals surface area contributed by atoms with E-state index >= 15 is 0 Å². The van der Waals surface area contributed by atoms with Gasteiger partial charge in [0.05, 0.1) is 24.2 Å². The highest BCUT2D eigenvalue weighted by Crippen LogP contribution is 2.39. The fourth-order valence-electron chi connectivity index (χ4n) is 4.26. The van der Waals surface area contributed by atoms with E-state index in [2.05, 4.69) is 0 Å². The van der Waals surface area contributed by atoms with Crippen molar-refractivity contribution in [2.75, 3.05) is 7.11 Å². The molecular weight excluding hydrogens is 366 g/mol. The van der Waals surface area contributed by atoms with E-state index < -0.39 is 22.1 Å². The Morgan fingerprint density at radius 3 is 2.63 bits per heavy atom. The van der Waals surface area contributed by atoms with E-state index in [1.54, 1.807) is 16.4 Å². The Labute approximate surface area is 159 Å². The molecule has 4 atom stereocenters. The number of benzene rings is 2. The summed E-state index contributed by atoms with van der Waals surface area (Å²) in [6, 6.07) is 12.4. The van der Waals surface area contributed by atoms with Gasteiger partial charge < -0.3 is 9.47 Å². The van der Waals surface area contributed by atoms with E-state index in [-0.39, 0.29) is 23.1 Å². The van der Waals surface area contributed by atoms with Gasteiger partial charge in [-0.05, 0) is 42.7 Å². The van der Waals surface area contributed by atoms with Gasteiger partial charge in [-0.25, -0.2) is 13.2 Å². The van der Waals surface area contributed by atoms with Crippen LogP contribution in [0.1, 0.15) is 26.2 Å². The van der Waals surface area contributed by atoms with Crippen LogP contribution in [0.4, 0.5) is 0 Å². The molecule has 0 saturated carbocycles. The van der Waals surface area contributed by atoms with Gasteiger partial charge in [-0.15, -0.1) is 0 Å². The summed E-state index contributed by atoms with van der Waals surface area (Å²) in [6.07, 6.45) is 0.782. The van der Waals surface area contributed by atoms with Gasteiger partial charge in [0, 0.05) is 12.5 Å². The molecule has 27 heavy (non-hydrogen) atoms. The van der Waals surface area contributed by atoms with Crippen molar-refractivity contribution in [2.24, 2.45) is 0 Å². The molecule has 0 bridgehead atoms. The Hall–Kier alpha value is -1.96. The second-order valence-electron chi connectivity index (χ2n) is 7.26. The fraction of sp³-hybridized carbons (Fsp3) is 0.450. The number of hydrogen-bond acceptors (Lipinski definition) is 5. The summed E-state index contributed by atoms with van der Waals surface area (Å²) in [5.74, 6) is -0.444. The highest BCUT2D eigenvalue weighted by molar-refractivity contribution is 7.89. The predicted molar refractivity (Wildman–Crippen MR) is 101 cm³/mol. The van der Waals surface area contributed by atoms with Crippen molar-refractivity contribution in [3.05, 3.63) is 42.5 Å². The number of carbonyl (C=O) groups excluding carboxylic acids is 1. The summed E-state index contributed by atoms with van der Waals surface area (Å²) >= 11 is 0. The van der Waals surface area contributed by atoms with Gasteiger partial charge in [-0.2, -0.15) is 4.31 Å². The average Bonchev–Trinajstić information content (AvgIpc) is 3.10. The maximum Gasteiger partial charge on any atom is 0.335 e. The lowest BCUT2D eigenvalue weighted by molar-refractivity contribution is -0.153. The second-order valence-corrected chi connectivity index (χ2v) is 9.10. The molecule has 6 nitrogen and oxygen atoms in total. The van der Waals surface area contributed by atoms with Crippen LogP contribution < -0.4 is 0 Å². The van der Waals surface area contributed by atoms with Crippen LogP contribution in [0.3, 0.4) is 0 Å². The van der Waals surface area contributed by atoms with Gasteiger partial charge in [0.25, 0.3) is 0 Å². The Morgan fingerprint density at radius 1 is 1.15 bits per heavy atom. The number of carbonyl (C=O) groups is 1. The number of esters is 1. The monoisotopic (exact) mass is 389 g/mol. The van der Waals surface area contributed by atoms with Crippen molar-refractivity contribution in [3.8, 4) is 0 Å². The molecule has 0 radical (unpaired) electrons. The maximum absolute atomic E-state index is 13.5. The number of methoxy groups -OCH3 is 1. The molecule has 2 aromatic carbocycles. The first-order chi connectivity index (χ1) is 12.9. The molecule has 144 valence electrons. The van der Waals surface area contributed by atoms with Crippen molar-refractivity contribution in [1.82, 2.24) is 4.31 Å². The van der Waals surface area contributed by atoms with Gasteiger partial charge >= 0.3 is 5.97 Å². The molecule has 0 aromatic heterocycles. The van der Waals surface area contributed by atoms with Crippen molar-refractivity contribution < 1.29 is 22.7 Å². The first-order valence-corrected chi connectivity index (χ1v) is 10.6. The minimum atomic E-state index is -3.71. The average molecular weight is 389 g/mol. The topological polar surface area (TPSA) is 72.9 Å². The van der Waals surface area contributed by atoms with Crippen molar-refractivity contribution >= 4 is 26.8 Å². The second kappa shape index (κ2) is 6.89. The number of nitrogens with zero attached hydrogens (tertiary/aromatic N) is 1. The summed E-state index contributed by atoms with van der Waals surface area (Å²) in [5.41, 5.74) is 0. The summed E-state index contributed by atoms with van der Waals surface area (Å²) in [7, 11) is -2.39. The van der Waals surface area contributed by atoms with Crippen molar-refractivity contribution in [2.45, 2.75) is 55.4 Å². The number of piperidine rings is 1.